The molecular weight excluding hydrogens is 404 g/mol. The standard InChI is InChI=1S/C22H26N2O7/c1-14(2)24-12-17(25)13-30-20(18(26)15-7-4-3-5-8-15)19(31-22(29)21(27)28)16-9-6-10-23-11-16/h3-11,14,17,19-20,24-25H,12-13H2,1-2H3,(H,27,28). The van der Waals surface area contributed by atoms with E-state index in [1.165, 1.54) is 18.5 Å². The molecule has 1 heterocycles. The third-order valence-electron chi connectivity index (χ3n) is 4.24. The van der Waals surface area contributed by atoms with Crippen LogP contribution in [-0.4, -0.2) is 64.3 Å². The Morgan fingerprint density at radius 2 is 1.81 bits per heavy atom. The molecule has 1 aromatic carbocycles. The van der Waals surface area contributed by atoms with Crippen LogP contribution in [0.1, 0.15) is 35.9 Å². The number of pyridine rings is 1. The number of aromatic nitrogens is 1. The molecule has 0 radical (unpaired) electrons. The molecule has 31 heavy (non-hydrogen) atoms. The summed E-state index contributed by atoms with van der Waals surface area (Å²) in [7, 11) is 0. The number of nitrogens with zero attached hydrogens (tertiary/aromatic N) is 1. The van der Waals surface area contributed by atoms with Crippen LogP contribution in [0.4, 0.5) is 0 Å². The average molecular weight is 430 g/mol. The van der Waals surface area contributed by atoms with Gasteiger partial charge in [-0.2, -0.15) is 0 Å². The Balaban J connectivity index is 2.34. The second-order valence-electron chi connectivity index (χ2n) is 7.12. The van der Waals surface area contributed by atoms with Crippen LogP contribution in [0.15, 0.2) is 54.9 Å². The van der Waals surface area contributed by atoms with Crippen LogP contribution in [0.3, 0.4) is 0 Å². The number of carbonyl (C=O) groups is 3. The fourth-order valence-electron chi connectivity index (χ4n) is 2.73. The molecule has 1 aromatic heterocycles. The number of aliphatic hydroxyl groups excluding tert-OH is 1. The zero-order chi connectivity index (χ0) is 22.8. The van der Waals surface area contributed by atoms with Gasteiger partial charge in [-0.05, 0) is 6.07 Å². The van der Waals surface area contributed by atoms with Gasteiger partial charge in [0, 0.05) is 36.1 Å². The first-order valence-corrected chi connectivity index (χ1v) is 9.75. The molecule has 0 aliphatic carbocycles. The molecular formula is C22H26N2O7. The van der Waals surface area contributed by atoms with Crippen molar-refractivity contribution in [2.45, 2.75) is 38.2 Å². The molecule has 0 aliphatic rings. The summed E-state index contributed by atoms with van der Waals surface area (Å²) in [6.45, 7) is 3.80. The van der Waals surface area contributed by atoms with Gasteiger partial charge < -0.3 is 25.0 Å². The van der Waals surface area contributed by atoms with E-state index in [1.54, 1.807) is 36.4 Å². The van der Waals surface area contributed by atoms with Crippen LogP contribution in [0.2, 0.25) is 0 Å². The number of ether oxygens (including phenoxy) is 2. The smallest absolute Gasteiger partial charge is 0.418 e. The van der Waals surface area contributed by atoms with Gasteiger partial charge in [-0.1, -0.05) is 50.2 Å². The van der Waals surface area contributed by atoms with Gasteiger partial charge in [0.05, 0.1) is 12.7 Å². The summed E-state index contributed by atoms with van der Waals surface area (Å²) in [5.41, 5.74) is 0.559. The zero-order valence-electron chi connectivity index (χ0n) is 17.3. The van der Waals surface area contributed by atoms with Crippen molar-refractivity contribution in [1.29, 1.82) is 0 Å². The molecule has 166 valence electrons. The fraction of sp³-hybridized carbons (Fsp3) is 0.364. The Hall–Kier alpha value is -3.14. The van der Waals surface area contributed by atoms with Crippen LogP contribution in [-0.2, 0) is 19.1 Å². The molecule has 0 saturated carbocycles. The quantitative estimate of drug-likeness (QED) is 0.274. The lowest BCUT2D eigenvalue weighted by molar-refractivity contribution is -0.172. The normalized spacial score (nSPS) is 13.9. The fourth-order valence-corrected chi connectivity index (χ4v) is 2.73. The third-order valence-corrected chi connectivity index (χ3v) is 4.24. The zero-order valence-corrected chi connectivity index (χ0v) is 17.3. The van der Waals surface area contributed by atoms with E-state index in [0.29, 0.717) is 0 Å². The SMILES string of the molecule is CC(C)NCC(O)COC(C(=O)c1ccccc1)C(OC(=O)C(=O)O)c1cccnc1. The Labute approximate surface area is 180 Å². The predicted octanol–water partition coefficient (Wildman–Crippen LogP) is 1.38. The number of Topliss-reactive ketones (excluding diaryl/α,β-unsaturated/α-hetero) is 1. The number of esters is 1. The summed E-state index contributed by atoms with van der Waals surface area (Å²) >= 11 is 0. The highest BCUT2D eigenvalue weighted by atomic mass is 16.6. The van der Waals surface area contributed by atoms with E-state index in [4.69, 9.17) is 14.6 Å². The number of ketones is 1. The Bertz CT molecular complexity index is 859. The minimum absolute atomic E-state index is 0.135. The maximum atomic E-state index is 13.2. The topological polar surface area (TPSA) is 135 Å². The molecule has 3 unspecified atom stereocenters. The second-order valence-corrected chi connectivity index (χ2v) is 7.12. The van der Waals surface area contributed by atoms with Gasteiger partial charge in [0.2, 0.25) is 0 Å². The van der Waals surface area contributed by atoms with Crippen LogP contribution < -0.4 is 5.32 Å². The largest absolute Gasteiger partial charge is 0.473 e. The van der Waals surface area contributed by atoms with Gasteiger partial charge in [-0.25, -0.2) is 9.59 Å². The van der Waals surface area contributed by atoms with Gasteiger partial charge in [0.25, 0.3) is 0 Å². The first-order chi connectivity index (χ1) is 14.8. The number of carboxylic acids is 1. The number of benzene rings is 1. The lowest BCUT2D eigenvalue weighted by atomic mass is 9.97. The molecule has 2 aromatic rings. The predicted molar refractivity (Wildman–Crippen MR) is 110 cm³/mol. The van der Waals surface area contributed by atoms with Crippen molar-refractivity contribution in [3.63, 3.8) is 0 Å². The number of nitrogens with one attached hydrogen (secondary N) is 1. The number of rotatable bonds is 11. The third kappa shape index (κ3) is 7.56. The number of hydrogen-bond donors (Lipinski definition) is 3. The van der Waals surface area contributed by atoms with Crippen LogP contribution in [0.25, 0.3) is 0 Å². The van der Waals surface area contributed by atoms with E-state index in [9.17, 15) is 19.5 Å². The van der Waals surface area contributed by atoms with Crippen molar-refractivity contribution in [3.05, 3.63) is 66.0 Å². The second kappa shape index (κ2) is 11.9. The molecule has 0 saturated heterocycles. The number of hydrogen-bond acceptors (Lipinski definition) is 8. The highest BCUT2D eigenvalue weighted by Gasteiger charge is 2.36. The van der Waals surface area contributed by atoms with Crippen molar-refractivity contribution < 1.29 is 34.1 Å². The molecule has 3 atom stereocenters. The average Bonchev–Trinajstić information content (AvgIpc) is 2.77. The molecule has 0 fully saturated rings. The van der Waals surface area contributed by atoms with Crippen molar-refractivity contribution >= 4 is 17.7 Å². The minimum atomic E-state index is -1.80. The highest BCUT2D eigenvalue weighted by molar-refractivity contribution is 6.28. The summed E-state index contributed by atoms with van der Waals surface area (Å²) in [4.78, 5) is 40.1. The molecule has 3 N–H and O–H groups in total. The molecule has 0 aliphatic heterocycles. The van der Waals surface area contributed by atoms with Gasteiger partial charge in [-0.3, -0.25) is 9.78 Å². The van der Waals surface area contributed by atoms with Crippen LogP contribution in [0, 0.1) is 0 Å². The van der Waals surface area contributed by atoms with Crippen molar-refractivity contribution in [3.8, 4) is 0 Å². The van der Waals surface area contributed by atoms with Crippen LogP contribution in [0.5, 0.6) is 0 Å². The number of carboxylic acid groups (broad SMARTS) is 1. The van der Waals surface area contributed by atoms with Crippen molar-refractivity contribution in [1.82, 2.24) is 10.3 Å². The summed E-state index contributed by atoms with van der Waals surface area (Å²) in [6, 6.07) is 11.4. The minimum Gasteiger partial charge on any atom is -0.473 e. The van der Waals surface area contributed by atoms with Crippen LogP contribution >= 0.6 is 0 Å². The molecule has 9 nitrogen and oxygen atoms in total. The first kappa shape index (κ1) is 24.1. The number of aliphatic hydroxyl groups is 1. The van der Waals surface area contributed by atoms with E-state index >= 15 is 0 Å². The van der Waals surface area contributed by atoms with E-state index in [0.717, 1.165) is 0 Å². The number of carbonyl (C=O) groups excluding carboxylic acids is 2. The Kier molecular flexibility index (Phi) is 9.26. The van der Waals surface area contributed by atoms with Gasteiger partial charge in [0.15, 0.2) is 18.0 Å². The van der Waals surface area contributed by atoms with Gasteiger partial charge >= 0.3 is 11.9 Å². The van der Waals surface area contributed by atoms with E-state index in [-0.39, 0.29) is 30.3 Å². The monoisotopic (exact) mass is 430 g/mol. The van der Waals surface area contributed by atoms with Gasteiger partial charge in [0.1, 0.15) is 0 Å². The lowest BCUT2D eigenvalue weighted by Crippen LogP contribution is -2.40. The molecule has 0 spiro atoms. The van der Waals surface area contributed by atoms with E-state index in [1.807, 2.05) is 13.8 Å². The van der Waals surface area contributed by atoms with Gasteiger partial charge in [-0.15, -0.1) is 0 Å². The lowest BCUT2D eigenvalue weighted by Gasteiger charge is -2.27. The summed E-state index contributed by atoms with van der Waals surface area (Å²) in [6.07, 6.45) is -0.891. The van der Waals surface area contributed by atoms with Crippen molar-refractivity contribution in [2.24, 2.45) is 0 Å². The molecule has 0 bridgehead atoms. The maximum absolute atomic E-state index is 13.2. The van der Waals surface area contributed by atoms with E-state index < -0.39 is 36.0 Å². The Morgan fingerprint density at radius 1 is 1.10 bits per heavy atom. The maximum Gasteiger partial charge on any atom is 0.418 e. The van der Waals surface area contributed by atoms with Crippen molar-refractivity contribution in [2.75, 3.05) is 13.2 Å². The first-order valence-electron chi connectivity index (χ1n) is 9.75. The number of aliphatic carboxylic acids is 1. The summed E-state index contributed by atoms with van der Waals surface area (Å²) in [5.74, 6) is -3.87. The molecule has 9 heteroatoms. The summed E-state index contributed by atoms with van der Waals surface area (Å²) in [5, 5.41) is 22.2. The molecule has 0 amide bonds. The van der Waals surface area contributed by atoms with E-state index in [2.05, 4.69) is 10.3 Å². The summed E-state index contributed by atoms with van der Waals surface area (Å²) < 4.78 is 10.8. The highest BCUT2D eigenvalue weighted by Crippen LogP contribution is 2.26. The Morgan fingerprint density at radius 3 is 2.39 bits per heavy atom. The molecule has 2 rings (SSSR count).